The first-order valence-corrected chi connectivity index (χ1v) is 6.75. The molecule has 0 spiro atoms. The number of nitrogens with one attached hydrogen (secondary N) is 2. The van der Waals surface area contributed by atoms with Gasteiger partial charge in [0.2, 0.25) is 11.6 Å². The summed E-state index contributed by atoms with van der Waals surface area (Å²) < 4.78 is 5.62. The highest BCUT2D eigenvalue weighted by atomic mass is 16.6. The SMILES string of the molecule is CNc1ncnc(NCCC2CCCCO2)c1[N+](=O)[O-]. The van der Waals surface area contributed by atoms with Gasteiger partial charge >= 0.3 is 5.69 Å². The molecule has 8 nitrogen and oxygen atoms in total. The number of hydrogen-bond acceptors (Lipinski definition) is 7. The molecule has 8 heteroatoms. The zero-order chi connectivity index (χ0) is 14.4. The number of aromatic nitrogens is 2. The highest BCUT2D eigenvalue weighted by Crippen LogP contribution is 2.28. The van der Waals surface area contributed by atoms with Crippen molar-refractivity contribution in [1.29, 1.82) is 0 Å². The first-order valence-electron chi connectivity index (χ1n) is 6.75. The Kier molecular flexibility index (Phi) is 5.05. The van der Waals surface area contributed by atoms with Crippen molar-refractivity contribution in [2.75, 3.05) is 30.8 Å². The van der Waals surface area contributed by atoms with Gasteiger partial charge in [0, 0.05) is 20.2 Å². The minimum absolute atomic E-state index is 0.125. The van der Waals surface area contributed by atoms with Crippen molar-refractivity contribution in [2.24, 2.45) is 0 Å². The predicted molar refractivity (Wildman–Crippen MR) is 74.9 cm³/mol. The molecule has 1 aromatic rings. The van der Waals surface area contributed by atoms with E-state index in [2.05, 4.69) is 20.6 Å². The molecule has 2 N–H and O–H groups in total. The van der Waals surface area contributed by atoms with Gasteiger partial charge < -0.3 is 15.4 Å². The van der Waals surface area contributed by atoms with E-state index in [1.54, 1.807) is 7.05 Å². The topological polar surface area (TPSA) is 102 Å². The van der Waals surface area contributed by atoms with Crippen molar-refractivity contribution in [3.8, 4) is 0 Å². The molecule has 0 aliphatic carbocycles. The van der Waals surface area contributed by atoms with Gasteiger partial charge in [-0.15, -0.1) is 0 Å². The molecule has 0 aromatic carbocycles. The Labute approximate surface area is 117 Å². The van der Waals surface area contributed by atoms with Gasteiger partial charge in [-0.3, -0.25) is 10.1 Å². The monoisotopic (exact) mass is 281 g/mol. The molecule has 20 heavy (non-hydrogen) atoms. The lowest BCUT2D eigenvalue weighted by Gasteiger charge is -2.22. The molecule has 1 aliphatic heterocycles. The fourth-order valence-corrected chi connectivity index (χ4v) is 2.25. The van der Waals surface area contributed by atoms with E-state index < -0.39 is 4.92 Å². The maximum Gasteiger partial charge on any atom is 0.353 e. The zero-order valence-electron chi connectivity index (χ0n) is 11.5. The summed E-state index contributed by atoms with van der Waals surface area (Å²) in [5, 5.41) is 16.8. The molecule has 1 saturated heterocycles. The highest BCUT2D eigenvalue weighted by Gasteiger charge is 2.22. The van der Waals surface area contributed by atoms with Crippen LogP contribution in [0.3, 0.4) is 0 Å². The number of ether oxygens (including phenoxy) is 1. The van der Waals surface area contributed by atoms with E-state index in [9.17, 15) is 10.1 Å². The maximum absolute atomic E-state index is 11.1. The van der Waals surface area contributed by atoms with Gasteiger partial charge in [-0.05, 0) is 25.7 Å². The standard InChI is InChI=1S/C12H19N5O3/c1-13-11-10(17(18)19)12(16-8-15-11)14-6-5-9-4-2-3-7-20-9/h8-9H,2-7H2,1H3,(H2,13,14,15,16). The molecule has 110 valence electrons. The van der Waals surface area contributed by atoms with E-state index in [1.807, 2.05) is 0 Å². The quantitative estimate of drug-likeness (QED) is 0.605. The predicted octanol–water partition coefficient (Wildman–Crippen LogP) is 1.80. The second-order valence-corrected chi connectivity index (χ2v) is 4.63. The van der Waals surface area contributed by atoms with Gasteiger partial charge in [0.1, 0.15) is 6.33 Å². The molecule has 2 rings (SSSR count). The van der Waals surface area contributed by atoms with Crippen LogP contribution in [0.15, 0.2) is 6.33 Å². The molecule has 0 bridgehead atoms. The van der Waals surface area contributed by atoms with E-state index in [0.29, 0.717) is 6.54 Å². The van der Waals surface area contributed by atoms with Crippen LogP contribution in [0, 0.1) is 10.1 Å². The summed E-state index contributed by atoms with van der Waals surface area (Å²) in [6.07, 6.45) is 5.71. The average molecular weight is 281 g/mol. The third kappa shape index (κ3) is 3.53. The molecule has 1 unspecified atom stereocenters. The Morgan fingerprint density at radius 3 is 2.90 bits per heavy atom. The molecule has 0 radical (unpaired) electrons. The molecule has 1 atom stereocenters. The third-order valence-electron chi connectivity index (χ3n) is 3.27. The van der Waals surface area contributed by atoms with Crippen molar-refractivity contribution in [3.05, 3.63) is 16.4 Å². The lowest BCUT2D eigenvalue weighted by molar-refractivity contribution is -0.383. The van der Waals surface area contributed by atoms with Crippen molar-refractivity contribution >= 4 is 17.3 Å². The lowest BCUT2D eigenvalue weighted by Crippen LogP contribution is -2.22. The molecule has 2 heterocycles. The Bertz CT molecular complexity index is 462. The first kappa shape index (κ1) is 14.4. The molecule has 0 amide bonds. The molecular weight excluding hydrogens is 262 g/mol. The Morgan fingerprint density at radius 1 is 1.45 bits per heavy atom. The van der Waals surface area contributed by atoms with Crippen LogP contribution in [0.25, 0.3) is 0 Å². The van der Waals surface area contributed by atoms with Gasteiger partial charge in [0.15, 0.2) is 0 Å². The zero-order valence-corrected chi connectivity index (χ0v) is 11.5. The summed E-state index contributed by atoms with van der Waals surface area (Å²) in [5.74, 6) is 0.451. The molecule has 1 aromatic heterocycles. The largest absolute Gasteiger partial charge is 0.378 e. The lowest BCUT2D eigenvalue weighted by atomic mass is 10.1. The molecule has 1 fully saturated rings. The van der Waals surface area contributed by atoms with E-state index >= 15 is 0 Å². The summed E-state index contributed by atoms with van der Waals surface area (Å²) >= 11 is 0. The number of anilines is 2. The summed E-state index contributed by atoms with van der Waals surface area (Å²) in [6, 6.07) is 0. The van der Waals surface area contributed by atoms with Crippen LogP contribution in [-0.4, -0.2) is 41.2 Å². The van der Waals surface area contributed by atoms with Crippen LogP contribution in [0.2, 0.25) is 0 Å². The third-order valence-corrected chi connectivity index (χ3v) is 3.27. The summed E-state index contributed by atoms with van der Waals surface area (Å²) in [4.78, 5) is 18.4. The minimum atomic E-state index is -0.481. The van der Waals surface area contributed by atoms with Gasteiger partial charge in [-0.25, -0.2) is 9.97 Å². The Hall–Kier alpha value is -1.96. The van der Waals surface area contributed by atoms with Crippen molar-refractivity contribution < 1.29 is 9.66 Å². The summed E-state index contributed by atoms with van der Waals surface area (Å²) in [5.41, 5.74) is -0.125. The van der Waals surface area contributed by atoms with Gasteiger partial charge in [0.05, 0.1) is 11.0 Å². The van der Waals surface area contributed by atoms with E-state index in [1.165, 1.54) is 12.7 Å². The maximum atomic E-state index is 11.1. The van der Waals surface area contributed by atoms with E-state index in [-0.39, 0.29) is 23.4 Å². The Morgan fingerprint density at radius 2 is 2.25 bits per heavy atom. The fraction of sp³-hybridized carbons (Fsp3) is 0.667. The molecular formula is C12H19N5O3. The van der Waals surface area contributed by atoms with Crippen molar-refractivity contribution in [2.45, 2.75) is 31.8 Å². The summed E-state index contributed by atoms with van der Waals surface area (Å²) in [7, 11) is 1.59. The van der Waals surface area contributed by atoms with Crippen LogP contribution in [-0.2, 0) is 4.74 Å². The number of hydrogen-bond donors (Lipinski definition) is 2. The van der Waals surface area contributed by atoms with Gasteiger partial charge in [0.25, 0.3) is 0 Å². The summed E-state index contributed by atoms with van der Waals surface area (Å²) in [6.45, 7) is 1.40. The average Bonchev–Trinajstić information content (AvgIpc) is 2.47. The van der Waals surface area contributed by atoms with Crippen LogP contribution in [0.5, 0.6) is 0 Å². The van der Waals surface area contributed by atoms with E-state index in [4.69, 9.17) is 4.74 Å². The van der Waals surface area contributed by atoms with Crippen LogP contribution < -0.4 is 10.6 Å². The molecule has 0 saturated carbocycles. The number of rotatable bonds is 6. The highest BCUT2D eigenvalue weighted by molar-refractivity contribution is 5.68. The number of nitrogens with zero attached hydrogens (tertiary/aromatic N) is 3. The van der Waals surface area contributed by atoms with Crippen molar-refractivity contribution in [3.63, 3.8) is 0 Å². The van der Waals surface area contributed by atoms with Crippen molar-refractivity contribution in [1.82, 2.24) is 9.97 Å². The second kappa shape index (κ2) is 6.99. The second-order valence-electron chi connectivity index (χ2n) is 4.63. The van der Waals surface area contributed by atoms with Gasteiger partial charge in [-0.1, -0.05) is 0 Å². The van der Waals surface area contributed by atoms with E-state index in [0.717, 1.165) is 25.9 Å². The van der Waals surface area contributed by atoms with Gasteiger partial charge in [-0.2, -0.15) is 0 Å². The van der Waals surface area contributed by atoms with Crippen LogP contribution in [0.4, 0.5) is 17.3 Å². The van der Waals surface area contributed by atoms with Crippen LogP contribution in [0.1, 0.15) is 25.7 Å². The molecule has 1 aliphatic rings. The van der Waals surface area contributed by atoms with Crippen LogP contribution >= 0.6 is 0 Å². The Balaban J connectivity index is 1.96. The minimum Gasteiger partial charge on any atom is -0.378 e. The first-order chi connectivity index (χ1) is 9.72. The normalized spacial score (nSPS) is 18.6. The number of nitro groups is 1. The fourth-order valence-electron chi connectivity index (χ4n) is 2.25. The smallest absolute Gasteiger partial charge is 0.353 e.